The number of rotatable bonds is 4. The van der Waals surface area contributed by atoms with Gasteiger partial charge >= 0.3 is 0 Å². The zero-order valence-corrected chi connectivity index (χ0v) is 20.2. The molecule has 0 aromatic carbocycles. The first-order valence-corrected chi connectivity index (χ1v) is 12.9. The standard InChI is InChI=1S/C24H40N6S/c1-18-9-7-13-29(16-18)21-15-22(30-14-8-10-19(2)17-30)27-23(26-21)28-24(31)25-20-11-5-3-4-6-12-20/h15,18-20H,3-14,16-17H2,1-2H3,(H2,25,26,27,28,31)/t18-,19+. The summed E-state index contributed by atoms with van der Waals surface area (Å²) in [4.78, 5) is 14.7. The Labute approximate surface area is 193 Å². The highest BCUT2D eigenvalue weighted by atomic mass is 32.1. The largest absolute Gasteiger partial charge is 0.360 e. The fourth-order valence-electron chi connectivity index (χ4n) is 5.34. The molecule has 7 heteroatoms. The van der Waals surface area contributed by atoms with E-state index >= 15 is 0 Å². The third-order valence-electron chi connectivity index (χ3n) is 7.08. The molecule has 1 saturated carbocycles. The Kier molecular flexibility index (Phi) is 7.86. The van der Waals surface area contributed by atoms with Crippen LogP contribution in [0.4, 0.5) is 17.6 Å². The van der Waals surface area contributed by atoms with E-state index in [4.69, 9.17) is 22.2 Å². The Morgan fingerprint density at radius 2 is 1.39 bits per heavy atom. The van der Waals surface area contributed by atoms with Crippen LogP contribution in [0.15, 0.2) is 6.07 Å². The van der Waals surface area contributed by atoms with Crippen LogP contribution in [0, 0.1) is 11.8 Å². The van der Waals surface area contributed by atoms with Gasteiger partial charge in [-0.15, -0.1) is 0 Å². The monoisotopic (exact) mass is 444 g/mol. The molecule has 6 nitrogen and oxygen atoms in total. The normalized spacial score (nSPS) is 25.7. The number of nitrogens with one attached hydrogen (secondary N) is 2. The van der Waals surface area contributed by atoms with E-state index in [0.29, 0.717) is 28.9 Å². The number of anilines is 3. The van der Waals surface area contributed by atoms with Crippen LogP contribution in [0.2, 0.25) is 0 Å². The van der Waals surface area contributed by atoms with Gasteiger partial charge < -0.3 is 20.4 Å². The molecule has 1 aliphatic carbocycles. The van der Waals surface area contributed by atoms with Gasteiger partial charge in [-0.25, -0.2) is 0 Å². The molecule has 172 valence electrons. The summed E-state index contributed by atoms with van der Waals surface area (Å²) >= 11 is 5.67. The zero-order valence-electron chi connectivity index (χ0n) is 19.4. The minimum Gasteiger partial charge on any atom is -0.360 e. The van der Waals surface area contributed by atoms with Crippen molar-refractivity contribution in [1.82, 2.24) is 15.3 Å². The highest BCUT2D eigenvalue weighted by molar-refractivity contribution is 7.80. The number of hydrogen-bond donors (Lipinski definition) is 2. The van der Waals surface area contributed by atoms with Gasteiger partial charge in [0.25, 0.3) is 0 Å². The van der Waals surface area contributed by atoms with Crippen molar-refractivity contribution in [3.05, 3.63) is 6.07 Å². The molecule has 0 radical (unpaired) electrons. The Balaban J connectivity index is 1.51. The van der Waals surface area contributed by atoms with Crippen molar-refractivity contribution >= 4 is 34.9 Å². The number of hydrogen-bond acceptors (Lipinski definition) is 5. The van der Waals surface area contributed by atoms with Crippen LogP contribution >= 0.6 is 12.2 Å². The molecule has 3 fully saturated rings. The lowest BCUT2D eigenvalue weighted by atomic mass is 10.00. The summed E-state index contributed by atoms with van der Waals surface area (Å²) in [5.41, 5.74) is 0. The highest BCUT2D eigenvalue weighted by Crippen LogP contribution is 2.28. The van der Waals surface area contributed by atoms with Crippen LogP contribution in [0.25, 0.3) is 0 Å². The van der Waals surface area contributed by atoms with Gasteiger partial charge in [-0.3, -0.25) is 0 Å². The molecule has 0 bridgehead atoms. The van der Waals surface area contributed by atoms with Gasteiger partial charge in [0.15, 0.2) is 5.11 Å². The Hall–Kier alpha value is -1.63. The summed E-state index contributed by atoms with van der Waals surface area (Å²) < 4.78 is 0. The third-order valence-corrected chi connectivity index (χ3v) is 7.30. The first kappa shape index (κ1) is 22.6. The van der Waals surface area contributed by atoms with Crippen molar-refractivity contribution in [2.24, 2.45) is 11.8 Å². The smallest absolute Gasteiger partial charge is 0.232 e. The Bertz CT molecular complexity index is 693. The summed E-state index contributed by atoms with van der Waals surface area (Å²) in [7, 11) is 0. The molecule has 0 unspecified atom stereocenters. The molecule has 2 atom stereocenters. The number of thiocarbonyl (C=S) groups is 1. The molecule has 31 heavy (non-hydrogen) atoms. The average molecular weight is 445 g/mol. The van der Waals surface area contributed by atoms with E-state index in [9.17, 15) is 0 Å². The summed E-state index contributed by atoms with van der Waals surface area (Å²) in [6.07, 6.45) is 12.7. The Morgan fingerprint density at radius 3 is 1.90 bits per heavy atom. The van der Waals surface area contributed by atoms with Crippen LogP contribution in [0.1, 0.15) is 78.1 Å². The van der Waals surface area contributed by atoms with Crippen molar-refractivity contribution < 1.29 is 0 Å². The molecular weight excluding hydrogens is 404 g/mol. The SMILES string of the molecule is C[C@@H]1CCCN(c2cc(N3CCC[C@H](C)C3)nc(NC(=S)NC3CCCCCC3)n2)C1. The van der Waals surface area contributed by atoms with Crippen LogP contribution in [-0.4, -0.2) is 47.3 Å². The molecular formula is C24H40N6S. The molecule has 2 aliphatic heterocycles. The lowest BCUT2D eigenvalue weighted by Crippen LogP contribution is -2.39. The van der Waals surface area contributed by atoms with E-state index in [0.717, 1.165) is 37.8 Å². The molecule has 0 amide bonds. The van der Waals surface area contributed by atoms with Gasteiger partial charge in [-0.2, -0.15) is 9.97 Å². The minimum absolute atomic E-state index is 0.469. The van der Waals surface area contributed by atoms with E-state index in [-0.39, 0.29) is 0 Å². The summed E-state index contributed by atoms with van der Waals surface area (Å²) in [5, 5.41) is 7.53. The van der Waals surface area contributed by atoms with Crippen molar-refractivity contribution in [3.63, 3.8) is 0 Å². The lowest BCUT2D eigenvalue weighted by Gasteiger charge is -2.35. The average Bonchev–Trinajstić information content (AvgIpc) is 3.02. The van der Waals surface area contributed by atoms with Crippen molar-refractivity contribution in [2.75, 3.05) is 41.3 Å². The van der Waals surface area contributed by atoms with E-state index in [1.807, 2.05) is 0 Å². The molecule has 1 aromatic heterocycles. The molecule has 3 aliphatic rings. The van der Waals surface area contributed by atoms with Gasteiger partial charge in [0.05, 0.1) is 0 Å². The first-order chi connectivity index (χ1) is 15.1. The minimum atomic E-state index is 0.469. The molecule has 3 heterocycles. The Morgan fingerprint density at radius 1 is 0.839 bits per heavy atom. The van der Waals surface area contributed by atoms with Crippen LogP contribution in [-0.2, 0) is 0 Å². The van der Waals surface area contributed by atoms with Crippen LogP contribution in [0.3, 0.4) is 0 Å². The number of aromatic nitrogens is 2. The zero-order chi connectivity index (χ0) is 21.6. The fraction of sp³-hybridized carbons (Fsp3) is 0.792. The van der Waals surface area contributed by atoms with Gasteiger partial charge in [0.2, 0.25) is 5.95 Å². The summed E-state index contributed by atoms with van der Waals surface area (Å²) in [6, 6.07) is 2.67. The van der Waals surface area contributed by atoms with Crippen LogP contribution in [0.5, 0.6) is 0 Å². The molecule has 4 rings (SSSR count). The second-order valence-corrected chi connectivity index (χ2v) is 10.5. The van der Waals surface area contributed by atoms with Crippen molar-refractivity contribution in [1.29, 1.82) is 0 Å². The van der Waals surface area contributed by atoms with Crippen molar-refractivity contribution in [2.45, 2.75) is 84.1 Å². The van der Waals surface area contributed by atoms with Crippen LogP contribution < -0.4 is 20.4 Å². The van der Waals surface area contributed by atoms with E-state index in [1.54, 1.807) is 0 Å². The molecule has 1 aromatic rings. The maximum absolute atomic E-state index is 5.67. The maximum atomic E-state index is 5.67. The summed E-state index contributed by atoms with van der Waals surface area (Å²) in [6.45, 7) is 8.95. The number of nitrogens with zero attached hydrogens (tertiary/aromatic N) is 4. The second-order valence-electron chi connectivity index (χ2n) is 10.1. The fourth-order valence-corrected chi connectivity index (χ4v) is 5.60. The van der Waals surface area contributed by atoms with Gasteiger partial charge in [0.1, 0.15) is 11.6 Å². The van der Waals surface area contributed by atoms with Gasteiger partial charge in [-0.1, -0.05) is 39.5 Å². The maximum Gasteiger partial charge on any atom is 0.232 e. The predicted molar refractivity (Wildman–Crippen MR) is 134 cm³/mol. The second kappa shape index (κ2) is 10.8. The molecule has 0 spiro atoms. The lowest BCUT2D eigenvalue weighted by molar-refractivity contribution is 0.441. The van der Waals surface area contributed by atoms with E-state index < -0.39 is 0 Å². The number of piperidine rings is 2. The first-order valence-electron chi connectivity index (χ1n) is 12.5. The quantitative estimate of drug-likeness (QED) is 0.503. The topological polar surface area (TPSA) is 56.3 Å². The predicted octanol–water partition coefficient (Wildman–Crippen LogP) is 4.96. The summed E-state index contributed by atoms with van der Waals surface area (Å²) in [5.74, 6) is 4.12. The third kappa shape index (κ3) is 6.43. The molecule has 2 saturated heterocycles. The van der Waals surface area contributed by atoms with Gasteiger partial charge in [-0.05, 0) is 62.6 Å². The van der Waals surface area contributed by atoms with E-state index in [2.05, 4.69) is 40.3 Å². The highest BCUT2D eigenvalue weighted by Gasteiger charge is 2.23. The van der Waals surface area contributed by atoms with Crippen molar-refractivity contribution in [3.8, 4) is 0 Å². The van der Waals surface area contributed by atoms with E-state index in [1.165, 1.54) is 64.2 Å². The van der Waals surface area contributed by atoms with Gasteiger partial charge in [0, 0.05) is 38.3 Å². The molecule has 2 N–H and O–H groups in total.